The average molecular weight is 456 g/mol. The first-order valence-corrected chi connectivity index (χ1v) is 11.1. The molecule has 1 atom stereocenters. The standard InChI is InChI=1S/C23H23ClFN5O2/c1-14-12-23(22(32)30(14)19-4-3-15(25)11-18(19)24)7-5-16(6-8-23)28-21(31)17-13-27-29-10-2-9-26-20(17)29/h2-4,9-11,13-14,16H,5-8,12H2,1H3,(H,28,31)/t14-,16?,23?/m1/s1. The summed E-state index contributed by atoms with van der Waals surface area (Å²) in [5, 5.41) is 7.49. The third-order valence-corrected chi connectivity index (χ3v) is 7.07. The van der Waals surface area contributed by atoms with E-state index in [9.17, 15) is 14.0 Å². The van der Waals surface area contributed by atoms with E-state index in [1.165, 1.54) is 18.3 Å². The Balaban J connectivity index is 1.28. The molecule has 7 nitrogen and oxygen atoms in total. The lowest BCUT2D eigenvalue weighted by Gasteiger charge is -2.36. The van der Waals surface area contributed by atoms with Gasteiger partial charge >= 0.3 is 0 Å². The zero-order valence-electron chi connectivity index (χ0n) is 17.6. The molecular formula is C23H23ClFN5O2. The largest absolute Gasteiger partial charge is 0.349 e. The van der Waals surface area contributed by atoms with Gasteiger partial charge in [-0.1, -0.05) is 11.6 Å². The van der Waals surface area contributed by atoms with Crippen LogP contribution in [0.5, 0.6) is 0 Å². The van der Waals surface area contributed by atoms with Gasteiger partial charge in [0.05, 0.1) is 22.3 Å². The van der Waals surface area contributed by atoms with Gasteiger partial charge in [-0.25, -0.2) is 13.9 Å². The van der Waals surface area contributed by atoms with Crippen LogP contribution in [-0.2, 0) is 4.79 Å². The third kappa shape index (κ3) is 3.43. The van der Waals surface area contributed by atoms with Crippen molar-refractivity contribution in [2.75, 3.05) is 4.90 Å². The molecule has 166 valence electrons. The molecule has 2 aliphatic rings. The summed E-state index contributed by atoms with van der Waals surface area (Å²) in [4.78, 5) is 32.2. The number of hydrogen-bond donors (Lipinski definition) is 1. The average Bonchev–Trinajstić information content (AvgIpc) is 3.30. The first-order chi connectivity index (χ1) is 15.4. The Labute approximate surface area is 189 Å². The Kier molecular flexibility index (Phi) is 5.12. The summed E-state index contributed by atoms with van der Waals surface area (Å²) in [6.07, 6.45) is 8.41. The van der Waals surface area contributed by atoms with Crippen LogP contribution < -0.4 is 10.2 Å². The fourth-order valence-corrected chi connectivity index (χ4v) is 5.46. The maximum Gasteiger partial charge on any atom is 0.256 e. The minimum atomic E-state index is -0.468. The van der Waals surface area contributed by atoms with E-state index in [2.05, 4.69) is 15.4 Å². The SMILES string of the molecule is C[C@@H]1CC2(CCC(NC(=O)c3cnn4cccnc34)CC2)C(=O)N1c1ccc(F)cc1Cl. The van der Waals surface area contributed by atoms with Gasteiger partial charge in [-0.15, -0.1) is 0 Å². The number of aromatic nitrogens is 3. The van der Waals surface area contributed by atoms with Gasteiger partial charge in [0.25, 0.3) is 5.91 Å². The maximum absolute atomic E-state index is 13.5. The van der Waals surface area contributed by atoms with Gasteiger partial charge in [-0.3, -0.25) is 9.59 Å². The number of rotatable bonds is 3. The van der Waals surface area contributed by atoms with Crippen LogP contribution in [0.15, 0.2) is 42.9 Å². The molecule has 2 fully saturated rings. The van der Waals surface area contributed by atoms with Gasteiger partial charge in [0.15, 0.2) is 5.65 Å². The van der Waals surface area contributed by atoms with Gasteiger partial charge in [0.1, 0.15) is 11.4 Å². The summed E-state index contributed by atoms with van der Waals surface area (Å²) < 4.78 is 15.0. The number of anilines is 1. The first-order valence-electron chi connectivity index (χ1n) is 10.8. The normalized spacial score (nSPS) is 25.6. The number of benzene rings is 1. The lowest BCUT2D eigenvalue weighted by molar-refractivity contribution is -0.127. The number of amides is 2. The van der Waals surface area contributed by atoms with Gasteiger partial charge in [0.2, 0.25) is 5.91 Å². The summed E-state index contributed by atoms with van der Waals surface area (Å²) in [6.45, 7) is 2.00. The van der Waals surface area contributed by atoms with Crippen LogP contribution in [0.2, 0.25) is 5.02 Å². The second kappa shape index (κ2) is 7.85. The zero-order chi connectivity index (χ0) is 22.5. The molecule has 1 saturated carbocycles. The zero-order valence-corrected chi connectivity index (χ0v) is 18.3. The van der Waals surface area contributed by atoms with Crippen molar-refractivity contribution in [2.45, 2.75) is 51.1 Å². The number of hydrogen-bond acceptors (Lipinski definition) is 4. The fraction of sp³-hybridized carbons (Fsp3) is 0.391. The van der Waals surface area contributed by atoms with Gasteiger partial charge < -0.3 is 10.2 Å². The lowest BCUT2D eigenvalue weighted by Crippen LogP contribution is -2.44. The molecule has 2 amide bonds. The molecule has 5 rings (SSSR count). The van der Waals surface area contributed by atoms with E-state index in [1.54, 1.807) is 33.9 Å². The monoisotopic (exact) mass is 455 g/mol. The third-order valence-electron chi connectivity index (χ3n) is 6.77. The maximum atomic E-state index is 13.5. The van der Waals surface area contributed by atoms with E-state index in [1.807, 2.05) is 6.92 Å². The highest BCUT2D eigenvalue weighted by molar-refractivity contribution is 6.34. The Morgan fingerprint density at radius 1 is 1.31 bits per heavy atom. The molecule has 1 spiro atoms. The molecule has 0 radical (unpaired) electrons. The molecule has 3 heterocycles. The molecule has 3 aromatic rings. The summed E-state index contributed by atoms with van der Waals surface area (Å²) in [5.74, 6) is -0.592. The Bertz CT molecular complexity index is 1200. The molecule has 1 aliphatic carbocycles. The van der Waals surface area contributed by atoms with Crippen molar-refractivity contribution in [1.29, 1.82) is 0 Å². The molecule has 1 saturated heterocycles. The number of carbonyl (C=O) groups is 2. The first kappa shape index (κ1) is 20.9. The van der Waals surface area contributed by atoms with E-state index in [0.29, 0.717) is 42.6 Å². The Morgan fingerprint density at radius 2 is 2.09 bits per heavy atom. The highest BCUT2D eigenvalue weighted by Crippen LogP contribution is 2.49. The quantitative estimate of drug-likeness (QED) is 0.647. The summed E-state index contributed by atoms with van der Waals surface area (Å²) in [5.41, 5.74) is 1.04. The second-order valence-corrected chi connectivity index (χ2v) is 9.21. The number of nitrogens with zero attached hydrogens (tertiary/aromatic N) is 4. The van der Waals surface area contributed by atoms with E-state index in [4.69, 9.17) is 11.6 Å². The van der Waals surface area contributed by atoms with Crippen LogP contribution in [0, 0.1) is 11.2 Å². The molecule has 1 N–H and O–H groups in total. The summed E-state index contributed by atoms with van der Waals surface area (Å²) in [7, 11) is 0. The number of carbonyl (C=O) groups excluding carboxylic acids is 2. The lowest BCUT2D eigenvalue weighted by atomic mass is 9.70. The molecule has 1 aromatic carbocycles. The fourth-order valence-electron chi connectivity index (χ4n) is 5.21. The number of nitrogens with one attached hydrogen (secondary N) is 1. The second-order valence-electron chi connectivity index (χ2n) is 8.80. The Morgan fingerprint density at radius 3 is 2.84 bits per heavy atom. The molecule has 9 heteroatoms. The van der Waals surface area contributed by atoms with Crippen LogP contribution in [0.3, 0.4) is 0 Å². The molecule has 0 bridgehead atoms. The Hall–Kier alpha value is -3.00. The van der Waals surface area contributed by atoms with E-state index < -0.39 is 11.2 Å². The molecule has 1 aliphatic heterocycles. The van der Waals surface area contributed by atoms with Crippen LogP contribution in [-0.4, -0.2) is 38.5 Å². The van der Waals surface area contributed by atoms with Crippen molar-refractivity contribution < 1.29 is 14.0 Å². The van der Waals surface area contributed by atoms with Gasteiger partial charge in [-0.2, -0.15) is 5.10 Å². The van der Waals surface area contributed by atoms with Gasteiger partial charge in [0, 0.05) is 24.5 Å². The molecule has 32 heavy (non-hydrogen) atoms. The number of fused-ring (bicyclic) bond motifs is 1. The molecule has 0 unspecified atom stereocenters. The van der Waals surface area contributed by atoms with Crippen molar-refractivity contribution in [3.05, 3.63) is 59.3 Å². The van der Waals surface area contributed by atoms with Gasteiger partial charge in [-0.05, 0) is 63.3 Å². The summed E-state index contributed by atoms with van der Waals surface area (Å²) in [6, 6.07) is 5.85. The molecule has 2 aromatic heterocycles. The van der Waals surface area contributed by atoms with Crippen molar-refractivity contribution in [3.8, 4) is 0 Å². The van der Waals surface area contributed by atoms with Crippen molar-refractivity contribution >= 4 is 34.7 Å². The van der Waals surface area contributed by atoms with Crippen LogP contribution in [0.25, 0.3) is 5.65 Å². The summed E-state index contributed by atoms with van der Waals surface area (Å²) >= 11 is 6.25. The minimum absolute atomic E-state index is 0.0154. The molecular weight excluding hydrogens is 433 g/mol. The van der Waals surface area contributed by atoms with Crippen molar-refractivity contribution in [2.24, 2.45) is 5.41 Å². The van der Waals surface area contributed by atoms with E-state index in [-0.39, 0.29) is 28.9 Å². The van der Waals surface area contributed by atoms with Crippen LogP contribution in [0.4, 0.5) is 10.1 Å². The number of halogens is 2. The van der Waals surface area contributed by atoms with Crippen molar-refractivity contribution in [1.82, 2.24) is 19.9 Å². The predicted molar refractivity (Wildman–Crippen MR) is 118 cm³/mol. The topological polar surface area (TPSA) is 79.6 Å². The predicted octanol–water partition coefficient (Wildman–Crippen LogP) is 4.01. The van der Waals surface area contributed by atoms with E-state index >= 15 is 0 Å². The minimum Gasteiger partial charge on any atom is -0.349 e. The smallest absolute Gasteiger partial charge is 0.256 e. The van der Waals surface area contributed by atoms with Crippen molar-refractivity contribution in [3.63, 3.8) is 0 Å². The van der Waals surface area contributed by atoms with Crippen LogP contribution >= 0.6 is 11.6 Å². The van der Waals surface area contributed by atoms with E-state index in [0.717, 1.165) is 6.42 Å². The highest BCUT2D eigenvalue weighted by atomic mass is 35.5. The highest BCUT2D eigenvalue weighted by Gasteiger charge is 2.52. The van der Waals surface area contributed by atoms with Crippen LogP contribution in [0.1, 0.15) is 49.4 Å².